The molecule has 0 aromatic carbocycles. The summed E-state index contributed by atoms with van der Waals surface area (Å²) < 4.78 is 24.8. The molecule has 0 fully saturated rings. The van der Waals surface area contributed by atoms with Crippen molar-refractivity contribution >= 4 is 27.3 Å². The van der Waals surface area contributed by atoms with E-state index < -0.39 is 12.5 Å². The van der Waals surface area contributed by atoms with E-state index in [-0.39, 0.29) is 6.42 Å². The van der Waals surface area contributed by atoms with Crippen LogP contribution in [0.1, 0.15) is 5.01 Å². The number of thiazole rings is 1. The molecular weight excluding hydrogens is 250 g/mol. The summed E-state index contributed by atoms with van der Waals surface area (Å²) in [6.07, 6.45) is -0.765. The minimum Gasteiger partial charge on any atom is -0.323 e. The second-order valence-electron chi connectivity index (χ2n) is 2.26. The lowest BCUT2D eigenvalue weighted by molar-refractivity contribution is 0.116. The summed E-state index contributed by atoms with van der Waals surface area (Å²) >= 11 is 4.51. The zero-order chi connectivity index (χ0) is 9.14. The number of nitrogens with two attached hydrogens (primary N) is 1. The van der Waals surface area contributed by atoms with Gasteiger partial charge in [0.05, 0.1) is 21.0 Å². The molecule has 1 unspecified atom stereocenters. The van der Waals surface area contributed by atoms with Crippen LogP contribution in [0.25, 0.3) is 0 Å². The molecule has 1 atom stereocenters. The van der Waals surface area contributed by atoms with Crippen LogP contribution in [0.4, 0.5) is 8.78 Å². The summed E-state index contributed by atoms with van der Waals surface area (Å²) in [7, 11) is 0. The molecule has 0 aliphatic rings. The normalized spacial score (nSPS) is 13.8. The molecule has 6 heteroatoms. The summed E-state index contributed by atoms with van der Waals surface area (Å²) in [5.41, 5.74) is 5.16. The molecule has 1 rings (SSSR count). The maximum atomic E-state index is 12.0. The Kier molecular flexibility index (Phi) is 3.54. The highest BCUT2D eigenvalue weighted by Gasteiger charge is 2.16. The van der Waals surface area contributed by atoms with E-state index in [1.165, 1.54) is 11.3 Å². The minimum atomic E-state index is -2.48. The Balaban J connectivity index is 2.52. The van der Waals surface area contributed by atoms with Crippen LogP contribution in [0, 0.1) is 0 Å². The largest absolute Gasteiger partial charge is 0.323 e. The van der Waals surface area contributed by atoms with E-state index in [9.17, 15) is 8.78 Å². The number of nitrogens with zero attached hydrogens (tertiary/aromatic N) is 1. The Morgan fingerprint density at radius 3 is 2.75 bits per heavy atom. The summed E-state index contributed by atoms with van der Waals surface area (Å²) in [5.74, 6) is 0. The Morgan fingerprint density at radius 1 is 1.67 bits per heavy atom. The van der Waals surface area contributed by atoms with Crippen LogP contribution >= 0.6 is 27.3 Å². The molecule has 0 radical (unpaired) electrons. The van der Waals surface area contributed by atoms with Crippen LogP contribution < -0.4 is 5.73 Å². The molecule has 68 valence electrons. The number of hydrogen-bond acceptors (Lipinski definition) is 3. The van der Waals surface area contributed by atoms with Crippen molar-refractivity contribution in [3.63, 3.8) is 0 Å². The molecule has 1 heterocycles. The van der Waals surface area contributed by atoms with Crippen molar-refractivity contribution in [1.29, 1.82) is 0 Å². The first-order valence-corrected chi connectivity index (χ1v) is 4.84. The van der Waals surface area contributed by atoms with E-state index in [1.54, 1.807) is 6.20 Å². The quantitative estimate of drug-likeness (QED) is 0.899. The first kappa shape index (κ1) is 10.0. The highest BCUT2D eigenvalue weighted by atomic mass is 79.9. The van der Waals surface area contributed by atoms with Gasteiger partial charge in [-0.3, -0.25) is 0 Å². The van der Waals surface area contributed by atoms with Crippen molar-refractivity contribution in [2.75, 3.05) is 0 Å². The van der Waals surface area contributed by atoms with Gasteiger partial charge in [-0.1, -0.05) is 0 Å². The molecule has 0 aliphatic carbocycles. The lowest BCUT2D eigenvalue weighted by Gasteiger charge is -2.06. The number of aromatic nitrogens is 1. The fraction of sp³-hybridized carbons (Fsp3) is 0.500. The molecule has 2 nitrogen and oxygen atoms in total. The van der Waals surface area contributed by atoms with Gasteiger partial charge in [0.15, 0.2) is 0 Å². The first-order chi connectivity index (χ1) is 5.59. The van der Waals surface area contributed by atoms with Gasteiger partial charge in [0, 0.05) is 6.42 Å². The Labute approximate surface area is 80.9 Å². The van der Waals surface area contributed by atoms with Crippen molar-refractivity contribution in [1.82, 2.24) is 4.98 Å². The van der Waals surface area contributed by atoms with Crippen molar-refractivity contribution < 1.29 is 8.78 Å². The zero-order valence-electron chi connectivity index (χ0n) is 6.01. The molecule has 1 aromatic rings. The lowest BCUT2D eigenvalue weighted by Crippen LogP contribution is -2.30. The summed E-state index contributed by atoms with van der Waals surface area (Å²) in [6, 6.07) is -1.11. The number of halogens is 3. The third-order valence-corrected chi connectivity index (χ3v) is 2.76. The highest BCUT2D eigenvalue weighted by molar-refractivity contribution is 9.11. The zero-order valence-corrected chi connectivity index (χ0v) is 8.41. The molecular formula is C6H7BrF2N2S. The van der Waals surface area contributed by atoms with E-state index in [0.29, 0.717) is 5.01 Å². The van der Waals surface area contributed by atoms with E-state index in [2.05, 4.69) is 20.9 Å². The molecule has 0 saturated heterocycles. The van der Waals surface area contributed by atoms with Gasteiger partial charge in [-0.25, -0.2) is 13.8 Å². The molecule has 2 N–H and O–H groups in total. The van der Waals surface area contributed by atoms with Gasteiger partial charge in [-0.05, 0) is 15.9 Å². The predicted molar refractivity (Wildman–Crippen MR) is 47.5 cm³/mol. The van der Waals surface area contributed by atoms with E-state index in [4.69, 9.17) is 5.73 Å². The molecule has 1 aromatic heterocycles. The Morgan fingerprint density at radius 2 is 2.33 bits per heavy atom. The predicted octanol–water partition coefficient (Wildman–Crippen LogP) is 2.04. The van der Waals surface area contributed by atoms with Gasteiger partial charge >= 0.3 is 0 Å². The number of rotatable bonds is 3. The summed E-state index contributed by atoms with van der Waals surface area (Å²) in [6.45, 7) is 0. The SMILES string of the molecule is NC(Cc1ncc(Br)s1)C(F)F. The van der Waals surface area contributed by atoms with Crippen molar-refractivity contribution in [2.24, 2.45) is 5.73 Å². The molecule has 12 heavy (non-hydrogen) atoms. The third kappa shape index (κ3) is 2.76. The smallest absolute Gasteiger partial charge is 0.253 e. The van der Waals surface area contributed by atoms with E-state index in [0.717, 1.165) is 3.79 Å². The molecule has 0 amide bonds. The van der Waals surface area contributed by atoms with Gasteiger partial charge in [-0.15, -0.1) is 11.3 Å². The topological polar surface area (TPSA) is 38.9 Å². The monoisotopic (exact) mass is 256 g/mol. The lowest BCUT2D eigenvalue weighted by atomic mass is 10.2. The van der Waals surface area contributed by atoms with Crippen molar-refractivity contribution in [3.8, 4) is 0 Å². The summed E-state index contributed by atoms with van der Waals surface area (Å²) in [5, 5.41) is 0.634. The van der Waals surface area contributed by atoms with Gasteiger partial charge in [0.25, 0.3) is 6.43 Å². The van der Waals surface area contributed by atoms with Crippen LogP contribution in [0.3, 0.4) is 0 Å². The fourth-order valence-corrected chi connectivity index (χ4v) is 2.05. The molecule has 0 bridgehead atoms. The average Bonchev–Trinajstić information content (AvgIpc) is 2.35. The van der Waals surface area contributed by atoms with E-state index >= 15 is 0 Å². The molecule has 0 aliphatic heterocycles. The van der Waals surface area contributed by atoms with Gasteiger partial charge in [0.2, 0.25) is 0 Å². The van der Waals surface area contributed by atoms with E-state index in [1.807, 2.05) is 0 Å². The Hall–Kier alpha value is -0.0700. The van der Waals surface area contributed by atoms with Crippen LogP contribution in [0.2, 0.25) is 0 Å². The van der Waals surface area contributed by atoms with Crippen LogP contribution in [-0.4, -0.2) is 17.5 Å². The van der Waals surface area contributed by atoms with Crippen LogP contribution in [0.5, 0.6) is 0 Å². The Bertz CT molecular complexity index is 253. The maximum absolute atomic E-state index is 12.0. The van der Waals surface area contributed by atoms with Gasteiger partial charge in [0.1, 0.15) is 0 Å². The first-order valence-electron chi connectivity index (χ1n) is 3.23. The number of hydrogen-bond donors (Lipinski definition) is 1. The second kappa shape index (κ2) is 4.25. The van der Waals surface area contributed by atoms with Crippen molar-refractivity contribution in [3.05, 3.63) is 15.0 Å². The molecule has 0 spiro atoms. The standard InChI is InChI=1S/C6H7BrF2N2S/c7-4-2-11-5(12-4)1-3(10)6(8)9/h2-3,6H,1,10H2. The fourth-order valence-electron chi connectivity index (χ4n) is 0.673. The summed E-state index contributed by atoms with van der Waals surface area (Å²) in [4.78, 5) is 3.90. The number of alkyl halides is 2. The second-order valence-corrected chi connectivity index (χ2v) is 4.75. The van der Waals surface area contributed by atoms with Gasteiger partial charge in [-0.2, -0.15) is 0 Å². The van der Waals surface area contributed by atoms with Gasteiger partial charge < -0.3 is 5.73 Å². The van der Waals surface area contributed by atoms with Crippen molar-refractivity contribution in [2.45, 2.75) is 18.9 Å². The molecule has 0 saturated carbocycles. The highest BCUT2D eigenvalue weighted by Crippen LogP contribution is 2.20. The van der Waals surface area contributed by atoms with Crippen LogP contribution in [0.15, 0.2) is 9.98 Å². The average molecular weight is 257 g/mol. The minimum absolute atomic E-state index is 0.133. The maximum Gasteiger partial charge on any atom is 0.253 e. The van der Waals surface area contributed by atoms with Crippen LogP contribution in [-0.2, 0) is 6.42 Å². The third-order valence-electron chi connectivity index (χ3n) is 1.26.